The predicted molar refractivity (Wildman–Crippen MR) is 77.1 cm³/mol. The quantitative estimate of drug-likeness (QED) is 0.851. The lowest BCUT2D eigenvalue weighted by atomic mass is 10.2. The number of aromatic nitrogens is 3. The van der Waals surface area contributed by atoms with Crippen molar-refractivity contribution in [2.45, 2.75) is 26.3 Å². The molecular weight excluding hydrogens is 278 g/mol. The summed E-state index contributed by atoms with van der Waals surface area (Å²) >= 11 is 5.81. The van der Waals surface area contributed by atoms with Crippen molar-refractivity contribution < 1.29 is 9.84 Å². The van der Waals surface area contributed by atoms with Gasteiger partial charge in [-0.15, -0.1) is 5.10 Å². The highest BCUT2D eigenvalue weighted by molar-refractivity contribution is 6.30. The van der Waals surface area contributed by atoms with E-state index in [1.165, 1.54) is 0 Å². The zero-order chi connectivity index (χ0) is 14.4. The summed E-state index contributed by atoms with van der Waals surface area (Å²) in [5, 5.41) is 17.7. The number of rotatable bonds is 7. The molecule has 0 aliphatic carbocycles. The first-order valence-electron chi connectivity index (χ1n) is 6.59. The largest absolute Gasteiger partial charge is 0.492 e. The van der Waals surface area contributed by atoms with Gasteiger partial charge in [0, 0.05) is 11.6 Å². The molecule has 0 amide bonds. The summed E-state index contributed by atoms with van der Waals surface area (Å²) in [6, 6.07) is 7.27. The molecule has 0 aliphatic heterocycles. The average molecular weight is 296 g/mol. The Morgan fingerprint density at radius 3 is 2.75 bits per heavy atom. The first-order chi connectivity index (χ1) is 9.70. The van der Waals surface area contributed by atoms with Crippen LogP contribution in [0.2, 0.25) is 5.02 Å². The van der Waals surface area contributed by atoms with Crippen molar-refractivity contribution in [3.63, 3.8) is 0 Å². The van der Waals surface area contributed by atoms with Crippen LogP contribution in [0.3, 0.4) is 0 Å². The van der Waals surface area contributed by atoms with Gasteiger partial charge >= 0.3 is 0 Å². The third-order valence-corrected chi connectivity index (χ3v) is 3.29. The maximum absolute atomic E-state index is 8.83. The van der Waals surface area contributed by atoms with Gasteiger partial charge in [-0.25, -0.2) is 4.68 Å². The second-order valence-corrected chi connectivity index (χ2v) is 4.91. The van der Waals surface area contributed by atoms with Gasteiger partial charge in [0.05, 0.1) is 17.9 Å². The summed E-state index contributed by atoms with van der Waals surface area (Å²) in [6.07, 6.45) is 1.46. The number of aryl methyl sites for hydroxylation is 1. The molecule has 1 heterocycles. The van der Waals surface area contributed by atoms with Gasteiger partial charge < -0.3 is 9.84 Å². The van der Waals surface area contributed by atoms with Crippen LogP contribution in [0.25, 0.3) is 0 Å². The van der Waals surface area contributed by atoms with Crippen molar-refractivity contribution in [2.75, 3.05) is 13.2 Å². The lowest BCUT2D eigenvalue weighted by Gasteiger charge is -2.07. The van der Waals surface area contributed by atoms with Crippen LogP contribution in [0.5, 0.6) is 5.75 Å². The molecule has 0 saturated carbocycles. The first-order valence-corrected chi connectivity index (χ1v) is 6.96. The highest BCUT2D eigenvalue weighted by Gasteiger charge is 2.07. The van der Waals surface area contributed by atoms with Crippen molar-refractivity contribution in [3.05, 3.63) is 40.7 Å². The van der Waals surface area contributed by atoms with Crippen LogP contribution in [0.15, 0.2) is 24.3 Å². The van der Waals surface area contributed by atoms with Gasteiger partial charge in [-0.1, -0.05) is 16.8 Å². The number of benzene rings is 1. The van der Waals surface area contributed by atoms with Crippen molar-refractivity contribution in [2.24, 2.45) is 0 Å². The Morgan fingerprint density at radius 1 is 1.30 bits per heavy atom. The summed E-state index contributed by atoms with van der Waals surface area (Å²) in [5.41, 5.74) is 1.96. The van der Waals surface area contributed by atoms with E-state index < -0.39 is 0 Å². The third-order valence-electron chi connectivity index (χ3n) is 3.04. The maximum Gasteiger partial charge on any atom is 0.119 e. The number of ether oxygens (including phenoxy) is 1. The van der Waals surface area contributed by atoms with Gasteiger partial charge in [0.15, 0.2) is 0 Å². The van der Waals surface area contributed by atoms with Crippen molar-refractivity contribution in [1.29, 1.82) is 0 Å². The fourth-order valence-corrected chi connectivity index (χ4v) is 1.99. The summed E-state index contributed by atoms with van der Waals surface area (Å²) < 4.78 is 7.45. The molecule has 2 rings (SSSR count). The number of aliphatic hydroxyl groups excluding tert-OH is 1. The molecule has 0 unspecified atom stereocenters. The monoisotopic (exact) mass is 295 g/mol. The minimum absolute atomic E-state index is 0.173. The van der Waals surface area contributed by atoms with Gasteiger partial charge in [-0.2, -0.15) is 0 Å². The number of nitrogens with zero attached hydrogens (tertiary/aromatic N) is 3. The van der Waals surface area contributed by atoms with Crippen molar-refractivity contribution in [1.82, 2.24) is 15.0 Å². The molecular formula is C14H18ClN3O2. The smallest absolute Gasteiger partial charge is 0.119 e. The number of aliphatic hydroxyl groups is 1. The normalized spacial score (nSPS) is 10.8. The molecule has 0 atom stereocenters. The Morgan fingerprint density at radius 2 is 2.05 bits per heavy atom. The van der Waals surface area contributed by atoms with Crippen LogP contribution < -0.4 is 4.74 Å². The Kier molecular flexibility index (Phi) is 5.38. The van der Waals surface area contributed by atoms with Crippen LogP contribution in [0, 0.1) is 6.92 Å². The van der Waals surface area contributed by atoms with Crippen LogP contribution in [-0.4, -0.2) is 33.3 Å². The molecule has 0 bridgehead atoms. The molecule has 0 radical (unpaired) electrons. The standard InChI is InChI=1S/C14H18ClN3O2/c1-11-14(3-2-9-19)16-17-18(11)8-10-20-13-6-4-12(15)5-7-13/h4-7,19H,2-3,8-10H2,1H3. The third kappa shape index (κ3) is 3.95. The summed E-state index contributed by atoms with van der Waals surface area (Å²) in [7, 11) is 0. The summed E-state index contributed by atoms with van der Waals surface area (Å²) in [6.45, 7) is 3.31. The highest BCUT2D eigenvalue weighted by Crippen LogP contribution is 2.15. The molecule has 1 aromatic heterocycles. The molecule has 20 heavy (non-hydrogen) atoms. The van der Waals surface area contributed by atoms with Crippen LogP contribution in [0.1, 0.15) is 17.8 Å². The van der Waals surface area contributed by atoms with Crippen molar-refractivity contribution >= 4 is 11.6 Å². The Bertz CT molecular complexity index is 540. The Labute approximate surface area is 123 Å². The molecule has 0 aliphatic rings. The van der Waals surface area contributed by atoms with E-state index >= 15 is 0 Å². The minimum atomic E-state index is 0.173. The second kappa shape index (κ2) is 7.26. The fourth-order valence-electron chi connectivity index (χ4n) is 1.87. The number of halogens is 1. The zero-order valence-corrected chi connectivity index (χ0v) is 12.2. The van der Waals surface area contributed by atoms with E-state index in [1.807, 2.05) is 23.7 Å². The highest BCUT2D eigenvalue weighted by atomic mass is 35.5. The molecule has 5 nitrogen and oxygen atoms in total. The van der Waals surface area contributed by atoms with E-state index in [4.69, 9.17) is 21.4 Å². The number of hydrogen-bond acceptors (Lipinski definition) is 4. The predicted octanol–water partition coefficient (Wildman–Crippen LogP) is 2.24. The molecule has 108 valence electrons. The topological polar surface area (TPSA) is 60.2 Å². The molecule has 1 N–H and O–H groups in total. The molecule has 1 aromatic carbocycles. The van der Waals surface area contributed by atoms with Crippen LogP contribution in [-0.2, 0) is 13.0 Å². The zero-order valence-electron chi connectivity index (χ0n) is 11.4. The van der Waals surface area contributed by atoms with E-state index in [-0.39, 0.29) is 6.61 Å². The Hall–Kier alpha value is -1.59. The lowest BCUT2D eigenvalue weighted by Crippen LogP contribution is -2.11. The SMILES string of the molecule is Cc1c(CCCO)nnn1CCOc1ccc(Cl)cc1. The Balaban J connectivity index is 1.85. The molecule has 6 heteroatoms. The second-order valence-electron chi connectivity index (χ2n) is 4.47. The van der Waals surface area contributed by atoms with Crippen LogP contribution in [0.4, 0.5) is 0 Å². The van der Waals surface area contributed by atoms with Crippen LogP contribution >= 0.6 is 11.6 Å². The average Bonchev–Trinajstić information content (AvgIpc) is 2.80. The van der Waals surface area contributed by atoms with Gasteiger partial charge in [0.1, 0.15) is 12.4 Å². The molecule has 0 saturated heterocycles. The first kappa shape index (κ1) is 14.8. The van der Waals surface area contributed by atoms with Gasteiger partial charge in [0.25, 0.3) is 0 Å². The van der Waals surface area contributed by atoms with E-state index in [9.17, 15) is 0 Å². The minimum Gasteiger partial charge on any atom is -0.492 e. The van der Waals surface area contributed by atoms with Gasteiger partial charge in [0.2, 0.25) is 0 Å². The van der Waals surface area contributed by atoms with Crippen molar-refractivity contribution in [3.8, 4) is 5.75 Å². The molecule has 2 aromatic rings. The maximum atomic E-state index is 8.83. The molecule has 0 spiro atoms. The molecule has 0 fully saturated rings. The lowest BCUT2D eigenvalue weighted by molar-refractivity contribution is 0.287. The summed E-state index contributed by atoms with van der Waals surface area (Å²) in [5.74, 6) is 0.785. The van der Waals surface area contributed by atoms with E-state index in [0.29, 0.717) is 24.6 Å². The fraction of sp³-hybridized carbons (Fsp3) is 0.429. The van der Waals surface area contributed by atoms with E-state index in [0.717, 1.165) is 23.6 Å². The van der Waals surface area contributed by atoms with Gasteiger partial charge in [-0.05, 0) is 44.0 Å². The number of hydrogen-bond donors (Lipinski definition) is 1. The van der Waals surface area contributed by atoms with E-state index in [1.54, 1.807) is 12.1 Å². The summed E-state index contributed by atoms with van der Waals surface area (Å²) in [4.78, 5) is 0. The van der Waals surface area contributed by atoms with E-state index in [2.05, 4.69) is 10.3 Å². The van der Waals surface area contributed by atoms with Gasteiger partial charge in [-0.3, -0.25) is 0 Å².